The van der Waals surface area contributed by atoms with E-state index in [1.807, 2.05) is 66.1 Å². The predicted molar refractivity (Wildman–Crippen MR) is 132 cm³/mol. The van der Waals surface area contributed by atoms with Crippen molar-refractivity contribution in [1.82, 2.24) is 10.2 Å². The minimum absolute atomic E-state index is 0.00811. The Morgan fingerprint density at radius 3 is 2.56 bits per heavy atom. The quantitative estimate of drug-likeness (QED) is 0.681. The SMILES string of the molecule is CCCOc1ccc(CNC(=O)C2CCN(C(=O)N3C[C@@H](C)Oc4ccc(C)cc43)CC2)cc1. The van der Waals surface area contributed by atoms with Crippen LogP contribution in [-0.4, -0.2) is 49.2 Å². The summed E-state index contributed by atoms with van der Waals surface area (Å²) in [5.41, 5.74) is 2.96. The Bertz CT molecular complexity index is 999. The number of benzene rings is 2. The first-order chi connectivity index (χ1) is 16.4. The number of nitrogens with zero attached hydrogens (tertiary/aromatic N) is 2. The smallest absolute Gasteiger partial charge is 0.324 e. The zero-order chi connectivity index (χ0) is 24.1. The number of aryl methyl sites for hydroxylation is 1. The van der Waals surface area contributed by atoms with Gasteiger partial charge in [0.1, 0.15) is 17.6 Å². The average molecular weight is 466 g/mol. The molecule has 0 saturated carbocycles. The van der Waals surface area contributed by atoms with Crippen molar-refractivity contribution in [3.63, 3.8) is 0 Å². The van der Waals surface area contributed by atoms with Crippen LogP contribution in [-0.2, 0) is 11.3 Å². The molecule has 0 spiro atoms. The number of carbonyl (C=O) groups excluding carboxylic acids is 2. The average Bonchev–Trinajstić information content (AvgIpc) is 2.86. The molecule has 0 unspecified atom stereocenters. The van der Waals surface area contributed by atoms with Gasteiger partial charge in [-0.05, 0) is 68.5 Å². The molecule has 182 valence electrons. The van der Waals surface area contributed by atoms with Gasteiger partial charge in [-0.25, -0.2) is 4.79 Å². The van der Waals surface area contributed by atoms with E-state index in [1.54, 1.807) is 0 Å². The van der Waals surface area contributed by atoms with E-state index in [2.05, 4.69) is 12.2 Å². The molecule has 4 rings (SSSR count). The van der Waals surface area contributed by atoms with Crippen LogP contribution in [0.15, 0.2) is 42.5 Å². The lowest BCUT2D eigenvalue weighted by atomic mass is 9.96. The first-order valence-corrected chi connectivity index (χ1v) is 12.3. The first-order valence-electron chi connectivity index (χ1n) is 12.3. The molecule has 1 atom stereocenters. The van der Waals surface area contributed by atoms with Gasteiger partial charge in [-0.2, -0.15) is 0 Å². The van der Waals surface area contributed by atoms with Gasteiger partial charge in [0.2, 0.25) is 5.91 Å². The number of rotatable bonds is 6. The van der Waals surface area contributed by atoms with Crippen LogP contribution in [0.5, 0.6) is 11.5 Å². The molecule has 2 aromatic rings. The van der Waals surface area contributed by atoms with Crippen molar-refractivity contribution >= 4 is 17.6 Å². The third-order valence-corrected chi connectivity index (χ3v) is 6.40. The molecular weight excluding hydrogens is 430 g/mol. The molecule has 34 heavy (non-hydrogen) atoms. The van der Waals surface area contributed by atoms with E-state index in [4.69, 9.17) is 9.47 Å². The lowest BCUT2D eigenvalue weighted by Crippen LogP contribution is -2.52. The maximum Gasteiger partial charge on any atom is 0.324 e. The summed E-state index contributed by atoms with van der Waals surface area (Å²) in [7, 11) is 0. The minimum atomic E-state index is -0.0747. The molecule has 1 N–H and O–H groups in total. The zero-order valence-corrected chi connectivity index (χ0v) is 20.4. The molecule has 0 aromatic heterocycles. The number of nitrogens with one attached hydrogen (secondary N) is 1. The Morgan fingerprint density at radius 1 is 1.12 bits per heavy atom. The van der Waals surface area contributed by atoms with Gasteiger partial charge in [-0.15, -0.1) is 0 Å². The van der Waals surface area contributed by atoms with Gasteiger partial charge in [0.15, 0.2) is 0 Å². The summed E-state index contributed by atoms with van der Waals surface area (Å²) in [6.07, 6.45) is 2.25. The molecule has 2 heterocycles. The van der Waals surface area contributed by atoms with Gasteiger partial charge in [0.05, 0.1) is 18.8 Å². The van der Waals surface area contributed by atoms with Crippen molar-refractivity contribution in [1.29, 1.82) is 0 Å². The highest BCUT2D eigenvalue weighted by molar-refractivity contribution is 5.94. The van der Waals surface area contributed by atoms with Gasteiger partial charge in [-0.1, -0.05) is 25.1 Å². The largest absolute Gasteiger partial charge is 0.494 e. The normalized spacial score (nSPS) is 18.1. The van der Waals surface area contributed by atoms with E-state index in [9.17, 15) is 9.59 Å². The lowest BCUT2D eigenvalue weighted by molar-refractivity contribution is -0.126. The summed E-state index contributed by atoms with van der Waals surface area (Å²) in [6.45, 7) is 8.94. The summed E-state index contributed by atoms with van der Waals surface area (Å²) < 4.78 is 11.5. The molecule has 2 aromatic carbocycles. The van der Waals surface area contributed by atoms with Crippen LogP contribution in [0, 0.1) is 12.8 Å². The topological polar surface area (TPSA) is 71.1 Å². The van der Waals surface area contributed by atoms with E-state index in [-0.39, 0.29) is 24.0 Å². The standard InChI is InChI=1S/C27H35N3O4/c1-4-15-33-23-8-6-21(7-9-23)17-28-26(31)22-11-13-29(14-12-22)27(32)30-18-20(3)34-25-10-5-19(2)16-24(25)30/h5-10,16,20,22H,4,11-15,17-18H2,1-3H3,(H,28,31)/t20-/m1/s1. The molecular formula is C27H35N3O4. The fraction of sp³-hybridized carbons (Fsp3) is 0.481. The van der Waals surface area contributed by atoms with Gasteiger partial charge >= 0.3 is 6.03 Å². The molecule has 1 fully saturated rings. The number of amides is 3. The highest BCUT2D eigenvalue weighted by Gasteiger charge is 2.34. The van der Waals surface area contributed by atoms with Crippen molar-refractivity contribution < 1.29 is 19.1 Å². The zero-order valence-electron chi connectivity index (χ0n) is 20.4. The first kappa shape index (κ1) is 23.9. The van der Waals surface area contributed by atoms with Crippen LogP contribution in [0.1, 0.15) is 44.2 Å². The molecule has 0 aliphatic carbocycles. The summed E-state index contributed by atoms with van der Waals surface area (Å²) in [4.78, 5) is 29.8. The predicted octanol–water partition coefficient (Wildman–Crippen LogP) is 4.52. The number of urea groups is 1. The van der Waals surface area contributed by atoms with Crippen LogP contribution in [0.4, 0.5) is 10.5 Å². The Balaban J connectivity index is 1.28. The number of carbonyl (C=O) groups is 2. The number of likely N-dealkylation sites (tertiary alicyclic amines) is 1. The van der Waals surface area contributed by atoms with Crippen molar-refractivity contribution in [2.75, 3.05) is 31.1 Å². The molecule has 7 nitrogen and oxygen atoms in total. The summed E-state index contributed by atoms with van der Waals surface area (Å²) >= 11 is 0. The Labute approximate surface area is 202 Å². The summed E-state index contributed by atoms with van der Waals surface area (Å²) in [5, 5.41) is 3.05. The lowest BCUT2D eigenvalue weighted by Gasteiger charge is -2.39. The highest BCUT2D eigenvalue weighted by Crippen LogP contribution is 2.35. The van der Waals surface area contributed by atoms with Crippen LogP contribution < -0.4 is 19.7 Å². The van der Waals surface area contributed by atoms with E-state index in [0.717, 1.165) is 34.7 Å². The summed E-state index contributed by atoms with van der Waals surface area (Å²) in [5.74, 6) is 1.58. The highest BCUT2D eigenvalue weighted by atomic mass is 16.5. The number of hydrogen-bond donors (Lipinski definition) is 1. The fourth-order valence-corrected chi connectivity index (χ4v) is 4.49. The molecule has 1 saturated heterocycles. The monoisotopic (exact) mass is 465 g/mol. The second-order valence-corrected chi connectivity index (χ2v) is 9.26. The van der Waals surface area contributed by atoms with Crippen molar-refractivity contribution in [2.24, 2.45) is 5.92 Å². The van der Waals surface area contributed by atoms with Gasteiger partial charge in [0, 0.05) is 25.6 Å². The van der Waals surface area contributed by atoms with Gasteiger partial charge in [0.25, 0.3) is 0 Å². The molecule has 3 amide bonds. The van der Waals surface area contributed by atoms with Crippen LogP contribution >= 0.6 is 0 Å². The Hall–Kier alpha value is -3.22. The number of ether oxygens (including phenoxy) is 2. The van der Waals surface area contributed by atoms with Gasteiger partial charge < -0.3 is 19.7 Å². The third kappa shape index (κ3) is 5.64. The molecule has 2 aliphatic heterocycles. The maximum atomic E-state index is 13.3. The number of hydrogen-bond acceptors (Lipinski definition) is 4. The minimum Gasteiger partial charge on any atom is -0.494 e. The van der Waals surface area contributed by atoms with Crippen molar-refractivity contribution in [2.45, 2.75) is 52.7 Å². The van der Waals surface area contributed by atoms with E-state index < -0.39 is 0 Å². The fourth-order valence-electron chi connectivity index (χ4n) is 4.49. The molecule has 0 bridgehead atoms. The molecule has 7 heteroatoms. The van der Waals surface area contributed by atoms with E-state index in [1.165, 1.54) is 0 Å². The Morgan fingerprint density at radius 2 is 1.85 bits per heavy atom. The maximum absolute atomic E-state index is 13.3. The van der Waals surface area contributed by atoms with Crippen LogP contribution in [0.25, 0.3) is 0 Å². The third-order valence-electron chi connectivity index (χ3n) is 6.40. The van der Waals surface area contributed by atoms with Crippen molar-refractivity contribution in [3.8, 4) is 11.5 Å². The van der Waals surface area contributed by atoms with Crippen LogP contribution in [0.3, 0.4) is 0 Å². The second-order valence-electron chi connectivity index (χ2n) is 9.26. The number of piperidine rings is 1. The van der Waals surface area contributed by atoms with Gasteiger partial charge in [-0.3, -0.25) is 9.69 Å². The molecule has 0 radical (unpaired) electrons. The van der Waals surface area contributed by atoms with Crippen LogP contribution in [0.2, 0.25) is 0 Å². The summed E-state index contributed by atoms with van der Waals surface area (Å²) in [6, 6.07) is 13.8. The number of fused-ring (bicyclic) bond motifs is 1. The van der Waals surface area contributed by atoms with E-state index >= 15 is 0 Å². The molecule has 2 aliphatic rings. The van der Waals surface area contributed by atoms with Crippen molar-refractivity contribution in [3.05, 3.63) is 53.6 Å². The van der Waals surface area contributed by atoms with E-state index in [0.29, 0.717) is 45.6 Å². The number of anilines is 1. The second kappa shape index (κ2) is 10.8. The Kier molecular flexibility index (Phi) is 7.60.